The summed E-state index contributed by atoms with van der Waals surface area (Å²) in [5, 5.41) is 0. The van der Waals surface area contributed by atoms with Crippen LogP contribution in [0.1, 0.15) is 33.6 Å². The smallest absolute Gasteiger partial charge is 0.222 e. The van der Waals surface area contributed by atoms with Crippen molar-refractivity contribution < 1.29 is 4.79 Å². The molecule has 1 atom stereocenters. The maximum Gasteiger partial charge on any atom is 0.222 e. The summed E-state index contributed by atoms with van der Waals surface area (Å²) in [4.78, 5) is 12.9. The molecule has 0 heterocycles. The molecule has 0 aliphatic heterocycles. The van der Waals surface area contributed by atoms with E-state index in [0.29, 0.717) is 18.3 Å². The Kier molecular flexibility index (Phi) is 4.95. The molecule has 0 rings (SSSR count). The van der Waals surface area contributed by atoms with Gasteiger partial charge in [-0.25, -0.2) is 0 Å². The fourth-order valence-corrected chi connectivity index (χ4v) is 0.908. The highest BCUT2D eigenvalue weighted by Gasteiger charge is 2.10. The highest BCUT2D eigenvalue weighted by atomic mass is 16.2. The molecule has 0 aromatic rings. The molecule has 0 radical (unpaired) electrons. The second kappa shape index (κ2) is 5.18. The van der Waals surface area contributed by atoms with Crippen molar-refractivity contribution in [1.29, 1.82) is 0 Å². The van der Waals surface area contributed by atoms with Crippen LogP contribution in [-0.2, 0) is 4.79 Å². The molecule has 12 heavy (non-hydrogen) atoms. The molecule has 0 saturated carbocycles. The highest BCUT2D eigenvalue weighted by molar-refractivity contribution is 5.75. The zero-order valence-electron chi connectivity index (χ0n) is 8.92. The molecule has 0 aliphatic rings. The number of hydrogen-bond donors (Lipinski definition) is 0. The molecule has 0 fully saturated rings. The molecule has 0 aromatic heterocycles. The third-order valence-electron chi connectivity index (χ3n) is 2.45. The van der Waals surface area contributed by atoms with Gasteiger partial charge in [-0.3, -0.25) is 4.79 Å². The predicted molar refractivity (Wildman–Crippen MR) is 51.9 cm³/mol. The van der Waals surface area contributed by atoms with Gasteiger partial charge in [-0.15, -0.1) is 0 Å². The van der Waals surface area contributed by atoms with Gasteiger partial charge in [0.15, 0.2) is 0 Å². The average molecular weight is 171 g/mol. The molecular formula is C10H21NO. The van der Waals surface area contributed by atoms with Gasteiger partial charge in [0, 0.05) is 20.5 Å². The van der Waals surface area contributed by atoms with Crippen molar-refractivity contribution in [3.8, 4) is 0 Å². The topological polar surface area (TPSA) is 20.3 Å². The molecule has 1 amide bonds. The molecule has 0 aromatic carbocycles. The largest absolute Gasteiger partial charge is 0.349 e. The van der Waals surface area contributed by atoms with Crippen LogP contribution >= 0.6 is 0 Å². The lowest BCUT2D eigenvalue weighted by molar-refractivity contribution is -0.129. The van der Waals surface area contributed by atoms with E-state index in [9.17, 15) is 4.79 Å². The Morgan fingerprint density at radius 2 is 1.75 bits per heavy atom. The fourth-order valence-electron chi connectivity index (χ4n) is 0.908. The van der Waals surface area contributed by atoms with E-state index in [1.54, 1.807) is 4.90 Å². The molecule has 2 heteroatoms. The molecule has 0 saturated heterocycles. The Morgan fingerprint density at radius 1 is 1.25 bits per heavy atom. The summed E-state index contributed by atoms with van der Waals surface area (Å²) in [6, 6.07) is 0. The van der Waals surface area contributed by atoms with Crippen molar-refractivity contribution in [2.24, 2.45) is 11.8 Å². The van der Waals surface area contributed by atoms with E-state index in [-0.39, 0.29) is 5.91 Å². The van der Waals surface area contributed by atoms with E-state index in [0.717, 1.165) is 6.42 Å². The maximum atomic E-state index is 11.2. The Labute approximate surface area is 75.9 Å². The van der Waals surface area contributed by atoms with Crippen LogP contribution < -0.4 is 0 Å². The Hall–Kier alpha value is -0.530. The molecule has 72 valence electrons. The van der Waals surface area contributed by atoms with Crippen molar-refractivity contribution in [3.63, 3.8) is 0 Å². The van der Waals surface area contributed by atoms with Crippen LogP contribution in [0.2, 0.25) is 0 Å². The van der Waals surface area contributed by atoms with Crippen LogP contribution in [0.25, 0.3) is 0 Å². The van der Waals surface area contributed by atoms with Crippen molar-refractivity contribution in [1.82, 2.24) is 4.90 Å². The number of amides is 1. The minimum absolute atomic E-state index is 0.238. The van der Waals surface area contributed by atoms with Gasteiger partial charge in [0.25, 0.3) is 0 Å². The summed E-state index contributed by atoms with van der Waals surface area (Å²) >= 11 is 0. The van der Waals surface area contributed by atoms with Crippen molar-refractivity contribution in [3.05, 3.63) is 0 Å². The standard InChI is InChI=1S/C10H21NO/c1-8(2)9(3)6-7-10(12)11(4)5/h8-9H,6-7H2,1-5H3. The van der Waals surface area contributed by atoms with E-state index in [1.807, 2.05) is 14.1 Å². The zero-order chi connectivity index (χ0) is 9.72. The molecule has 0 aliphatic carbocycles. The summed E-state index contributed by atoms with van der Waals surface area (Å²) in [5.74, 6) is 1.57. The van der Waals surface area contributed by atoms with Gasteiger partial charge in [-0.1, -0.05) is 20.8 Å². The number of rotatable bonds is 4. The van der Waals surface area contributed by atoms with Gasteiger partial charge in [0.05, 0.1) is 0 Å². The maximum absolute atomic E-state index is 11.2. The first-order valence-corrected chi connectivity index (χ1v) is 4.65. The fraction of sp³-hybridized carbons (Fsp3) is 0.900. The lowest BCUT2D eigenvalue weighted by Crippen LogP contribution is -2.22. The van der Waals surface area contributed by atoms with Crippen LogP contribution in [0.15, 0.2) is 0 Å². The molecule has 0 spiro atoms. The number of carbonyl (C=O) groups is 1. The van der Waals surface area contributed by atoms with E-state index >= 15 is 0 Å². The minimum Gasteiger partial charge on any atom is -0.349 e. The second-order valence-electron chi connectivity index (χ2n) is 4.05. The van der Waals surface area contributed by atoms with Gasteiger partial charge >= 0.3 is 0 Å². The third-order valence-corrected chi connectivity index (χ3v) is 2.45. The summed E-state index contributed by atoms with van der Waals surface area (Å²) in [7, 11) is 3.62. The van der Waals surface area contributed by atoms with Crippen LogP contribution in [0, 0.1) is 11.8 Å². The Balaban J connectivity index is 3.61. The summed E-state index contributed by atoms with van der Waals surface area (Å²) in [5.41, 5.74) is 0. The molecule has 0 N–H and O–H groups in total. The SMILES string of the molecule is CC(C)C(C)CCC(=O)N(C)C. The zero-order valence-corrected chi connectivity index (χ0v) is 8.92. The summed E-state index contributed by atoms with van der Waals surface area (Å²) in [6.45, 7) is 6.60. The van der Waals surface area contributed by atoms with Gasteiger partial charge in [-0.05, 0) is 18.3 Å². The normalized spacial score (nSPS) is 13.2. The average Bonchev–Trinajstić information content (AvgIpc) is 1.98. The van der Waals surface area contributed by atoms with E-state index in [4.69, 9.17) is 0 Å². The monoisotopic (exact) mass is 171 g/mol. The Morgan fingerprint density at radius 3 is 2.08 bits per heavy atom. The van der Waals surface area contributed by atoms with Gasteiger partial charge < -0.3 is 4.90 Å². The first-order chi connectivity index (χ1) is 5.45. The van der Waals surface area contributed by atoms with Crippen molar-refractivity contribution in [2.45, 2.75) is 33.6 Å². The van der Waals surface area contributed by atoms with Crippen LogP contribution in [0.5, 0.6) is 0 Å². The van der Waals surface area contributed by atoms with Gasteiger partial charge in [-0.2, -0.15) is 0 Å². The summed E-state index contributed by atoms with van der Waals surface area (Å²) < 4.78 is 0. The highest BCUT2D eigenvalue weighted by Crippen LogP contribution is 2.15. The number of nitrogens with zero attached hydrogens (tertiary/aromatic N) is 1. The van der Waals surface area contributed by atoms with Crippen LogP contribution in [0.3, 0.4) is 0 Å². The first kappa shape index (κ1) is 11.5. The Bertz CT molecular complexity index is 141. The second-order valence-corrected chi connectivity index (χ2v) is 4.05. The number of hydrogen-bond acceptors (Lipinski definition) is 1. The molecular weight excluding hydrogens is 150 g/mol. The van der Waals surface area contributed by atoms with E-state index < -0.39 is 0 Å². The van der Waals surface area contributed by atoms with Crippen LogP contribution in [-0.4, -0.2) is 24.9 Å². The van der Waals surface area contributed by atoms with Crippen LogP contribution in [0.4, 0.5) is 0 Å². The van der Waals surface area contributed by atoms with E-state index in [1.165, 1.54) is 0 Å². The van der Waals surface area contributed by atoms with Crippen molar-refractivity contribution >= 4 is 5.91 Å². The first-order valence-electron chi connectivity index (χ1n) is 4.65. The van der Waals surface area contributed by atoms with E-state index in [2.05, 4.69) is 20.8 Å². The van der Waals surface area contributed by atoms with Gasteiger partial charge in [0.1, 0.15) is 0 Å². The summed E-state index contributed by atoms with van der Waals surface area (Å²) in [6.07, 6.45) is 1.70. The van der Waals surface area contributed by atoms with Gasteiger partial charge in [0.2, 0.25) is 5.91 Å². The molecule has 2 nitrogen and oxygen atoms in total. The quantitative estimate of drug-likeness (QED) is 0.634. The van der Waals surface area contributed by atoms with Crippen molar-refractivity contribution in [2.75, 3.05) is 14.1 Å². The third kappa shape index (κ3) is 4.37. The molecule has 0 bridgehead atoms. The minimum atomic E-state index is 0.238. The predicted octanol–water partition coefficient (Wildman–Crippen LogP) is 2.15. The lowest BCUT2D eigenvalue weighted by atomic mass is 9.93. The number of carbonyl (C=O) groups excluding carboxylic acids is 1. The lowest BCUT2D eigenvalue weighted by Gasteiger charge is -2.16. The molecule has 1 unspecified atom stereocenters.